The Morgan fingerprint density at radius 3 is 2.56 bits per heavy atom. The summed E-state index contributed by atoms with van der Waals surface area (Å²) in [5, 5.41) is 2.91. The number of anilines is 1. The van der Waals surface area contributed by atoms with Crippen LogP contribution in [-0.2, 0) is 11.2 Å². The van der Waals surface area contributed by atoms with E-state index in [2.05, 4.69) is 12.2 Å². The van der Waals surface area contributed by atoms with Crippen molar-refractivity contribution >= 4 is 28.8 Å². The first-order chi connectivity index (χ1) is 8.39. The first-order valence-corrected chi connectivity index (χ1v) is 6.49. The zero-order chi connectivity index (χ0) is 13.8. The third-order valence-corrected chi connectivity index (χ3v) is 3.48. The van der Waals surface area contributed by atoms with Crippen LogP contribution in [0.4, 0.5) is 5.69 Å². The Morgan fingerprint density at radius 2 is 2.00 bits per heavy atom. The lowest BCUT2D eigenvalue weighted by Crippen LogP contribution is -2.41. The van der Waals surface area contributed by atoms with E-state index in [1.165, 1.54) is 0 Å². The second-order valence-corrected chi connectivity index (χ2v) is 5.29. The molecular formula is C14H20N2OS. The molecule has 0 radical (unpaired) electrons. The number of nitrogens with one attached hydrogen (secondary N) is 1. The van der Waals surface area contributed by atoms with Crippen LogP contribution in [0.5, 0.6) is 0 Å². The second-order valence-electron chi connectivity index (χ2n) is 4.85. The number of carbonyl (C=O) groups is 1. The number of para-hydroxylation sites is 1. The summed E-state index contributed by atoms with van der Waals surface area (Å²) in [6.07, 6.45) is 1.97. The Hall–Kier alpha value is -1.42. The molecule has 4 heteroatoms. The normalized spacial score (nSPS) is 11.1. The van der Waals surface area contributed by atoms with Gasteiger partial charge >= 0.3 is 0 Å². The van der Waals surface area contributed by atoms with E-state index in [1.54, 1.807) is 13.8 Å². The molecule has 0 saturated heterocycles. The van der Waals surface area contributed by atoms with Gasteiger partial charge in [0.2, 0.25) is 5.91 Å². The second kappa shape index (κ2) is 5.96. The van der Waals surface area contributed by atoms with Crippen LogP contribution in [0.15, 0.2) is 24.3 Å². The van der Waals surface area contributed by atoms with Crippen molar-refractivity contribution in [3.05, 3.63) is 29.8 Å². The van der Waals surface area contributed by atoms with E-state index < -0.39 is 5.41 Å². The van der Waals surface area contributed by atoms with Crippen molar-refractivity contribution in [1.82, 2.24) is 0 Å². The van der Waals surface area contributed by atoms with Crippen LogP contribution >= 0.6 is 12.2 Å². The van der Waals surface area contributed by atoms with Crippen molar-refractivity contribution in [2.45, 2.75) is 33.6 Å². The zero-order valence-corrected chi connectivity index (χ0v) is 11.9. The molecule has 1 aromatic carbocycles. The van der Waals surface area contributed by atoms with Gasteiger partial charge in [0.05, 0.1) is 10.4 Å². The van der Waals surface area contributed by atoms with Crippen molar-refractivity contribution in [2.75, 3.05) is 5.32 Å². The van der Waals surface area contributed by atoms with Gasteiger partial charge in [0.1, 0.15) is 0 Å². The molecule has 98 valence electrons. The Bertz CT molecular complexity index is 455. The number of aryl methyl sites for hydroxylation is 1. The molecule has 18 heavy (non-hydrogen) atoms. The minimum absolute atomic E-state index is 0.168. The van der Waals surface area contributed by atoms with Crippen LogP contribution in [0.25, 0.3) is 0 Å². The lowest BCUT2D eigenvalue weighted by atomic mass is 9.92. The first kappa shape index (κ1) is 14.6. The topological polar surface area (TPSA) is 55.1 Å². The summed E-state index contributed by atoms with van der Waals surface area (Å²) >= 11 is 4.93. The molecule has 0 atom stereocenters. The Kier molecular flexibility index (Phi) is 4.84. The molecule has 0 heterocycles. The van der Waals surface area contributed by atoms with Gasteiger partial charge in [-0.05, 0) is 31.9 Å². The Morgan fingerprint density at radius 1 is 1.39 bits per heavy atom. The fourth-order valence-corrected chi connectivity index (χ4v) is 1.61. The Labute approximate surface area is 114 Å². The summed E-state index contributed by atoms with van der Waals surface area (Å²) in [7, 11) is 0. The highest BCUT2D eigenvalue weighted by atomic mass is 32.1. The fourth-order valence-electron chi connectivity index (χ4n) is 1.52. The molecule has 0 saturated carbocycles. The maximum Gasteiger partial charge on any atom is 0.236 e. The third-order valence-electron chi connectivity index (χ3n) is 2.97. The summed E-state index contributed by atoms with van der Waals surface area (Å²) in [4.78, 5) is 12.4. The van der Waals surface area contributed by atoms with Gasteiger partial charge in [-0.3, -0.25) is 4.79 Å². The third kappa shape index (κ3) is 3.29. The van der Waals surface area contributed by atoms with Crippen molar-refractivity contribution in [3.63, 3.8) is 0 Å². The van der Waals surface area contributed by atoms with Gasteiger partial charge in [0.25, 0.3) is 0 Å². The quantitative estimate of drug-likeness (QED) is 0.804. The zero-order valence-electron chi connectivity index (χ0n) is 11.1. The molecule has 0 aliphatic carbocycles. The van der Waals surface area contributed by atoms with Crippen LogP contribution in [0.3, 0.4) is 0 Å². The van der Waals surface area contributed by atoms with Gasteiger partial charge in [-0.2, -0.15) is 0 Å². The molecule has 0 unspecified atom stereocenters. The molecule has 0 spiro atoms. The number of rotatable bonds is 5. The summed E-state index contributed by atoms with van der Waals surface area (Å²) in [6, 6.07) is 7.80. The standard InChI is InChI=1S/C14H20N2OS/c1-4-7-10-8-5-6-9-11(10)16-13(17)14(2,3)12(15)18/h5-6,8-9H,4,7H2,1-3H3,(H2,15,18)(H,16,17). The number of benzene rings is 1. The highest BCUT2D eigenvalue weighted by Gasteiger charge is 2.31. The molecule has 0 aromatic heterocycles. The van der Waals surface area contributed by atoms with Crippen LogP contribution in [0.1, 0.15) is 32.8 Å². The summed E-state index contributed by atoms with van der Waals surface area (Å²) in [5.41, 5.74) is 6.73. The molecule has 0 bridgehead atoms. The van der Waals surface area contributed by atoms with E-state index in [-0.39, 0.29) is 10.9 Å². The van der Waals surface area contributed by atoms with Gasteiger partial charge in [-0.1, -0.05) is 43.8 Å². The summed E-state index contributed by atoms with van der Waals surface area (Å²) in [6.45, 7) is 5.57. The van der Waals surface area contributed by atoms with Gasteiger partial charge in [0.15, 0.2) is 0 Å². The highest BCUT2D eigenvalue weighted by molar-refractivity contribution is 7.80. The number of hydrogen-bond donors (Lipinski definition) is 2. The average molecular weight is 264 g/mol. The van der Waals surface area contributed by atoms with E-state index in [9.17, 15) is 4.79 Å². The van der Waals surface area contributed by atoms with Crippen molar-refractivity contribution in [2.24, 2.45) is 11.1 Å². The number of amides is 1. The van der Waals surface area contributed by atoms with Crippen LogP contribution < -0.4 is 11.1 Å². The lowest BCUT2D eigenvalue weighted by molar-refractivity contribution is -0.121. The van der Waals surface area contributed by atoms with Crippen LogP contribution in [0, 0.1) is 5.41 Å². The molecule has 0 aliphatic heterocycles. The van der Waals surface area contributed by atoms with E-state index in [0.717, 1.165) is 24.1 Å². The summed E-state index contributed by atoms with van der Waals surface area (Å²) in [5.74, 6) is -0.168. The van der Waals surface area contributed by atoms with Gasteiger partial charge in [0, 0.05) is 5.69 Å². The SMILES string of the molecule is CCCc1ccccc1NC(=O)C(C)(C)C(N)=S. The maximum atomic E-state index is 12.2. The lowest BCUT2D eigenvalue weighted by Gasteiger charge is -2.22. The first-order valence-electron chi connectivity index (χ1n) is 6.08. The van der Waals surface area contributed by atoms with Gasteiger partial charge < -0.3 is 11.1 Å². The minimum Gasteiger partial charge on any atom is -0.392 e. The van der Waals surface area contributed by atoms with Crippen molar-refractivity contribution in [1.29, 1.82) is 0 Å². The van der Waals surface area contributed by atoms with Crippen LogP contribution in [-0.4, -0.2) is 10.9 Å². The van der Waals surface area contributed by atoms with E-state index in [0.29, 0.717) is 0 Å². The molecule has 1 rings (SSSR count). The number of nitrogens with two attached hydrogens (primary N) is 1. The monoisotopic (exact) mass is 264 g/mol. The number of hydrogen-bond acceptors (Lipinski definition) is 2. The van der Waals surface area contributed by atoms with E-state index in [1.807, 2.05) is 24.3 Å². The van der Waals surface area contributed by atoms with Gasteiger partial charge in [-0.25, -0.2) is 0 Å². The molecular weight excluding hydrogens is 244 g/mol. The average Bonchev–Trinajstić information content (AvgIpc) is 2.31. The Balaban J connectivity index is 2.91. The molecule has 3 N–H and O–H groups in total. The predicted molar refractivity (Wildman–Crippen MR) is 79.6 cm³/mol. The fraction of sp³-hybridized carbons (Fsp3) is 0.429. The molecule has 3 nitrogen and oxygen atoms in total. The summed E-state index contributed by atoms with van der Waals surface area (Å²) < 4.78 is 0. The molecule has 1 amide bonds. The predicted octanol–water partition coefficient (Wildman–Crippen LogP) is 2.89. The number of thiocarbonyl (C=S) groups is 1. The molecule has 0 fully saturated rings. The van der Waals surface area contributed by atoms with E-state index in [4.69, 9.17) is 18.0 Å². The number of carbonyl (C=O) groups excluding carboxylic acids is 1. The molecule has 0 aliphatic rings. The van der Waals surface area contributed by atoms with Crippen molar-refractivity contribution in [3.8, 4) is 0 Å². The highest BCUT2D eigenvalue weighted by Crippen LogP contribution is 2.22. The van der Waals surface area contributed by atoms with Gasteiger partial charge in [-0.15, -0.1) is 0 Å². The largest absolute Gasteiger partial charge is 0.392 e. The van der Waals surface area contributed by atoms with E-state index >= 15 is 0 Å². The van der Waals surface area contributed by atoms with Crippen LogP contribution in [0.2, 0.25) is 0 Å². The minimum atomic E-state index is -0.839. The smallest absolute Gasteiger partial charge is 0.236 e. The maximum absolute atomic E-state index is 12.2. The van der Waals surface area contributed by atoms with Crippen molar-refractivity contribution < 1.29 is 4.79 Å². The molecule has 1 aromatic rings.